The first-order valence-electron chi connectivity index (χ1n) is 5.01. The maximum Gasteiger partial charge on any atom is 0.137 e. The second-order valence-electron chi connectivity index (χ2n) is 3.98. The third-order valence-corrected chi connectivity index (χ3v) is 3.41. The predicted octanol–water partition coefficient (Wildman–Crippen LogP) is 2.41. The maximum absolute atomic E-state index is 13.0. The molecule has 1 heterocycles. The summed E-state index contributed by atoms with van der Waals surface area (Å²) in [6.45, 7) is 2.98. The highest BCUT2D eigenvalue weighted by molar-refractivity contribution is 9.10. The van der Waals surface area contributed by atoms with Crippen LogP contribution >= 0.6 is 28.3 Å². The van der Waals surface area contributed by atoms with Gasteiger partial charge in [-0.15, -0.1) is 12.4 Å². The Morgan fingerprint density at radius 3 is 2.69 bits per heavy atom. The first-order valence-corrected chi connectivity index (χ1v) is 5.81. The van der Waals surface area contributed by atoms with E-state index in [4.69, 9.17) is 0 Å². The molecule has 0 amide bonds. The van der Waals surface area contributed by atoms with E-state index in [1.54, 1.807) is 0 Å². The molecule has 0 atom stereocenters. The third-order valence-electron chi connectivity index (χ3n) is 2.80. The minimum Gasteiger partial charge on any atom is -0.314 e. The molecule has 1 N–H and O–H groups in total. The summed E-state index contributed by atoms with van der Waals surface area (Å²) in [4.78, 5) is 2.29. The summed E-state index contributed by atoms with van der Waals surface area (Å²) >= 11 is 3.20. The molecule has 2 nitrogen and oxygen atoms in total. The summed E-state index contributed by atoms with van der Waals surface area (Å²) in [6.07, 6.45) is 0. The van der Waals surface area contributed by atoms with Crippen LogP contribution in [0.4, 0.5) is 4.39 Å². The van der Waals surface area contributed by atoms with Gasteiger partial charge in [-0.25, -0.2) is 4.39 Å². The zero-order valence-electron chi connectivity index (χ0n) is 9.04. The standard InChI is InChI=1S/C11H14BrFN2.ClH/c1-15(9-5-14-6-9)7-8-2-3-11(13)10(12)4-8;/h2-4,9,14H,5-7H2,1H3;1H. The van der Waals surface area contributed by atoms with Crippen molar-refractivity contribution >= 4 is 28.3 Å². The van der Waals surface area contributed by atoms with Gasteiger partial charge in [-0.3, -0.25) is 4.90 Å². The number of likely N-dealkylation sites (N-methyl/N-ethyl adjacent to an activating group) is 1. The highest BCUT2D eigenvalue weighted by Gasteiger charge is 2.21. The molecule has 16 heavy (non-hydrogen) atoms. The molecule has 0 aromatic heterocycles. The van der Waals surface area contributed by atoms with Crippen molar-refractivity contribution in [2.24, 2.45) is 0 Å². The van der Waals surface area contributed by atoms with Gasteiger partial charge in [0.05, 0.1) is 4.47 Å². The first kappa shape index (κ1) is 13.9. The van der Waals surface area contributed by atoms with Crippen molar-refractivity contribution in [1.82, 2.24) is 10.2 Å². The fourth-order valence-corrected chi connectivity index (χ4v) is 2.07. The molecule has 0 bridgehead atoms. The molecule has 0 aliphatic carbocycles. The minimum absolute atomic E-state index is 0. The van der Waals surface area contributed by atoms with E-state index >= 15 is 0 Å². The van der Waals surface area contributed by atoms with Gasteiger partial charge in [0.25, 0.3) is 0 Å². The summed E-state index contributed by atoms with van der Waals surface area (Å²) in [5.41, 5.74) is 1.14. The SMILES string of the molecule is CN(Cc1ccc(F)c(Br)c1)C1CNC1.Cl. The largest absolute Gasteiger partial charge is 0.314 e. The Morgan fingerprint density at radius 2 is 2.19 bits per heavy atom. The molecule has 1 fully saturated rings. The quantitative estimate of drug-likeness (QED) is 0.922. The Hall–Kier alpha value is -0.160. The number of nitrogens with zero attached hydrogens (tertiary/aromatic N) is 1. The Morgan fingerprint density at radius 1 is 1.50 bits per heavy atom. The molecule has 1 aromatic carbocycles. The molecular weight excluding hydrogens is 294 g/mol. The molecule has 2 rings (SSSR count). The second kappa shape index (κ2) is 5.96. The lowest BCUT2D eigenvalue weighted by Crippen LogP contribution is -2.55. The van der Waals surface area contributed by atoms with E-state index in [1.807, 2.05) is 12.1 Å². The van der Waals surface area contributed by atoms with Crippen LogP contribution < -0.4 is 5.32 Å². The Labute approximate surface area is 110 Å². The van der Waals surface area contributed by atoms with Gasteiger partial charge in [0.1, 0.15) is 5.82 Å². The smallest absolute Gasteiger partial charge is 0.137 e. The highest BCUT2D eigenvalue weighted by Crippen LogP contribution is 2.18. The molecule has 0 spiro atoms. The average molecular weight is 310 g/mol. The molecule has 1 aliphatic rings. The molecular formula is C11H15BrClFN2. The number of hydrogen-bond acceptors (Lipinski definition) is 2. The van der Waals surface area contributed by atoms with E-state index in [-0.39, 0.29) is 18.2 Å². The van der Waals surface area contributed by atoms with Gasteiger partial charge in [-0.2, -0.15) is 0 Å². The summed E-state index contributed by atoms with van der Waals surface area (Å²) in [5.74, 6) is -0.202. The van der Waals surface area contributed by atoms with Gasteiger partial charge in [0.2, 0.25) is 0 Å². The van der Waals surface area contributed by atoms with Gasteiger partial charge < -0.3 is 5.32 Å². The fraction of sp³-hybridized carbons (Fsp3) is 0.455. The van der Waals surface area contributed by atoms with Crippen LogP contribution in [0.3, 0.4) is 0 Å². The monoisotopic (exact) mass is 308 g/mol. The predicted molar refractivity (Wildman–Crippen MR) is 69.5 cm³/mol. The Balaban J connectivity index is 0.00000128. The zero-order valence-corrected chi connectivity index (χ0v) is 11.4. The van der Waals surface area contributed by atoms with E-state index in [1.165, 1.54) is 6.07 Å². The summed E-state index contributed by atoms with van der Waals surface area (Å²) in [7, 11) is 2.10. The van der Waals surface area contributed by atoms with Crippen molar-refractivity contribution in [3.63, 3.8) is 0 Å². The van der Waals surface area contributed by atoms with Crippen LogP contribution in [0.5, 0.6) is 0 Å². The Kier molecular flexibility index (Phi) is 5.18. The summed E-state index contributed by atoms with van der Waals surface area (Å²) < 4.78 is 13.5. The van der Waals surface area contributed by atoms with Crippen molar-refractivity contribution in [1.29, 1.82) is 0 Å². The molecule has 0 unspecified atom stereocenters. The number of benzene rings is 1. The lowest BCUT2D eigenvalue weighted by atomic mass is 10.1. The lowest BCUT2D eigenvalue weighted by molar-refractivity contribution is 0.173. The third kappa shape index (κ3) is 3.17. The van der Waals surface area contributed by atoms with E-state index in [0.717, 1.165) is 25.2 Å². The molecule has 0 radical (unpaired) electrons. The van der Waals surface area contributed by atoms with E-state index in [0.29, 0.717) is 10.5 Å². The van der Waals surface area contributed by atoms with Gasteiger partial charge in [-0.05, 0) is 40.7 Å². The van der Waals surface area contributed by atoms with Crippen LogP contribution in [0.2, 0.25) is 0 Å². The van der Waals surface area contributed by atoms with Crippen molar-refractivity contribution in [3.05, 3.63) is 34.1 Å². The van der Waals surface area contributed by atoms with Crippen LogP contribution in [0.1, 0.15) is 5.56 Å². The average Bonchev–Trinajstić information content (AvgIpc) is 2.08. The van der Waals surface area contributed by atoms with Crippen molar-refractivity contribution in [2.45, 2.75) is 12.6 Å². The maximum atomic E-state index is 13.0. The van der Waals surface area contributed by atoms with E-state index in [2.05, 4.69) is 33.2 Å². The van der Waals surface area contributed by atoms with Crippen molar-refractivity contribution in [2.75, 3.05) is 20.1 Å². The van der Waals surface area contributed by atoms with E-state index in [9.17, 15) is 4.39 Å². The fourth-order valence-electron chi connectivity index (χ4n) is 1.64. The summed E-state index contributed by atoms with van der Waals surface area (Å²) in [5, 5.41) is 3.24. The van der Waals surface area contributed by atoms with Crippen LogP contribution in [-0.4, -0.2) is 31.1 Å². The molecule has 1 aliphatic heterocycles. The van der Waals surface area contributed by atoms with Gasteiger partial charge >= 0.3 is 0 Å². The second-order valence-corrected chi connectivity index (χ2v) is 4.83. The summed E-state index contributed by atoms with van der Waals surface area (Å²) in [6, 6.07) is 5.81. The van der Waals surface area contributed by atoms with Gasteiger partial charge in [0, 0.05) is 25.7 Å². The van der Waals surface area contributed by atoms with Gasteiger partial charge in [0.15, 0.2) is 0 Å². The van der Waals surface area contributed by atoms with Crippen LogP contribution in [0, 0.1) is 5.82 Å². The zero-order chi connectivity index (χ0) is 10.8. The molecule has 0 saturated carbocycles. The molecule has 1 aromatic rings. The first-order chi connectivity index (χ1) is 7.16. The normalized spacial score (nSPS) is 15.8. The van der Waals surface area contributed by atoms with Crippen LogP contribution in [0.15, 0.2) is 22.7 Å². The number of halogens is 3. The molecule has 90 valence electrons. The topological polar surface area (TPSA) is 15.3 Å². The Bertz CT molecular complexity index is 358. The van der Waals surface area contributed by atoms with E-state index < -0.39 is 0 Å². The number of nitrogens with one attached hydrogen (secondary N) is 1. The lowest BCUT2D eigenvalue weighted by Gasteiger charge is -2.35. The van der Waals surface area contributed by atoms with Gasteiger partial charge in [-0.1, -0.05) is 6.07 Å². The van der Waals surface area contributed by atoms with Crippen LogP contribution in [-0.2, 0) is 6.54 Å². The number of hydrogen-bond donors (Lipinski definition) is 1. The van der Waals surface area contributed by atoms with Crippen LogP contribution in [0.25, 0.3) is 0 Å². The number of rotatable bonds is 3. The van der Waals surface area contributed by atoms with Crippen molar-refractivity contribution in [3.8, 4) is 0 Å². The molecule has 1 saturated heterocycles. The molecule has 5 heteroatoms. The van der Waals surface area contributed by atoms with Crippen molar-refractivity contribution < 1.29 is 4.39 Å². The highest BCUT2D eigenvalue weighted by atomic mass is 79.9. The minimum atomic E-state index is -0.202.